The van der Waals surface area contributed by atoms with E-state index in [9.17, 15) is 9.90 Å². The van der Waals surface area contributed by atoms with Crippen LogP contribution >= 0.6 is 0 Å². The van der Waals surface area contributed by atoms with Crippen LogP contribution in [0.2, 0.25) is 0 Å². The van der Waals surface area contributed by atoms with E-state index in [1.54, 1.807) is 12.1 Å². The van der Waals surface area contributed by atoms with Gasteiger partial charge in [-0.1, -0.05) is 30.3 Å². The number of ether oxygens (including phenoxy) is 1. The van der Waals surface area contributed by atoms with E-state index < -0.39 is 5.54 Å². The summed E-state index contributed by atoms with van der Waals surface area (Å²) in [5, 5.41) is 15.7. The van der Waals surface area contributed by atoms with Gasteiger partial charge in [0.25, 0.3) is 0 Å². The van der Waals surface area contributed by atoms with Crippen LogP contribution in [0, 0.1) is 0 Å². The van der Waals surface area contributed by atoms with Crippen LogP contribution in [0.1, 0.15) is 24.5 Å². The molecule has 2 aromatic rings. The summed E-state index contributed by atoms with van der Waals surface area (Å²) in [6.07, 6.45) is 1.53. The number of benzene rings is 2. The van der Waals surface area contributed by atoms with Gasteiger partial charge in [-0.3, -0.25) is 0 Å². The summed E-state index contributed by atoms with van der Waals surface area (Å²) in [7, 11) is 0. The molecule has 2 aromatic carbocycles. The Balaban J connectivity index is 1.73. The van der Waals surface area contributed by atoms with Gasteiger partial charge in [-0.15, -0.1) is 0 Å². The molecular formula is C19H22N2O3. The molecule has 0 heterocycles. The van der Waals surface area contributed by atoms with Crippen molar-refractivity contribution in [1.29, 1.82) is 0 Å². The molecule has 0 radical (unpaired) electrons. The van der Waals surface area contributed by atoms with Crippen molar-refractivity contribution in [2.45, 2.75) is 25.3 Å². The number of hydrogen-bond donors (Lipinski definition) is 3. The van der Waals surface area contributed by atoms with Gasteiger partial charge < -0.3 is 20.5 Å². The fourth-order valence-corrected chi connectivity index (χ4v) is 3.23. The van der Waals surface area contributed by atoms with Crippen molar-refractivity contribution in [2.24, 2.45) is 0 Å². The first kappa shape index (κ1) is 16.3. The van der Waals surface area contributed by atoms with E-state index in [1.807, 2.05) is 43.3 Å². The number of aryl methyl sites for hydroxylation is 1. The van der Waals surface area contributed by atoms with Crippen molar-refractivity contribution in [2.75, 3.05) is 18.5 Å². The summed E-state index contributed by atoms with van der Waals surface area (Å²) in [4.78, 5) is 12.4. The number of aliphatic hydroxyl groups is 1. The van der Waals surface area contributed by atoms with E-state index in [-0.39, 0.29) is 12.6 Å². The second kappa shape index (κ2) is 6.93. The molecule has 1 aliphatic carbocycles. The molecule has 1 unspecified atom stereocenters. The normalized spacial score (nSPS) is 18.8. The van der Waals surface area contributed by atoms with Crippen LogP contribution in [0.25, 0.3) is 0 Å². The number of rotatable bonds is 5. The number of amides is 2. The minimum Gasteiger partial charge on any atom is -0.494 e. The molecule has 126 valence electrons. The molecule has 3 N–H and O–H groups in total. The highest BCUT2D eigenvalue weighted by molar-refractivity contribution is 5.90. The van der Waals surface area contributed by atoms with Crippen LogP contribution in [0.4, 0.5) is 10.5 Å². The zero-order valence-electron chi connectivity index (χ0n) is 13.7. The highest BCUT2D eigenvalue weighted by Gasteiger charge is 2.39. The van der Waals surface area contributed by atoms with E-state index in [4.69, 9.17) is 4.74 Å². The van der Waals surface area contributed by atoms with Gasteiger partial charge in [0.15, 0.2) is 0 Å². The predicted molar refractivity (Wildman–Crippen MR) is 93.3 cm³/mol. The summed E-state index contributed by atoms with van der Waals surface area (Å²) < 4.78 is 5.44. The Hall–Kier alpha value is -2.53. The number of carbonyl (C=O) groups excluding carboxylic acids is 1. The zero-order chi connectivity index (χ0) is 17.0. The Kier molecular flexibility index (Phi) is 4.71. The largest absolute Gasteiger partial charge is 0.494 e. The molecule has 0 aliphatic heterocycles. The highest BCUT2D eigenvalue weighted by Crippen LogP contribution is 2.36. The highest BCUT2D eigenvalue weighted by atomic mass is 16.5. The molecule has 0 saturated carbocycles. The molecule has 3 rings (SSSR count). The van der Waals surface area contributed by atoms with Crippen LogP contribution in [0.5, 0.6) is 5.75 Å². The zero-order valence-corrected chi connectivity index (χ0v) is 13.7. The molecule has 0 spiro atoms. The Morgan fingerprint density at radius 3 is 2.88 bits per heavy atom. The smallest absolute Gasteiger partial charge is 0.320 e. The van der Waals surface area contributed by atoms with Gasteiger partial charge in [0, 0.05) is 11.8 Å². The monoisotopic (exact) mass is 326 g/mol. The third-order valence-corrected chi connectivity index (χ3v) is 4.38. The van der Waals surface area contributed by atoms with Crippen LogP contribution in [0.15, 0.2) is 48.5 Å². The molecule has 1 atom stereocenters. The fraction of sp³-hybridized carbons (Fsp3) is 0.316. The molecule has 1 aliphatic rings. The van der Waals surface area contributed by atoms with Gasteiger partial charge in [-0.2, -0.15) is 0 Å². The lowest BCUT2D eigenvalue weighted by Crippen LogP contribution is -2.48. The molecule has 0 bridgehead atoms. The summed E-state index contributed by atoms with van der Waals surface area (Å²) in [6.45, 7) is 2.35. The van der Waals surface area contributed by atoms with Crippen LogP contribution in [0.3, 0.4) is 0 Å². The summed E-state index contributed by atoms with van der Waals surface area (Å²) in [5.74, 6) is 0.707. The third kappa shape index (κ3) is 3.21. The van der Waals surface area contributed by atoms with Crippen LogP contribution in [-0.2, 0) is 12.0 Å². The minimum atomic E-state index is -0.724. The molecule has 0 saturated heterocycles. The van der Waals surface area contributed by atoms with Crippen molar-refractivity contribution >= 4 is 11.7 Å². The fourth-order valence-electron chi connectivity index (χ4n) is 3.23. The van der Waals surface area contributed by atoms with E-state index >= 15 is 0 Å². The second-order valence-corrected chi connectivity index (χ2v) is 5.94. The van der Waals surface area contributed by atoms with Crippen molar-refractivity contribution in [3.05, 3.63) is 59.7 Å². The minimum absolute atomic E-state index is 0.129. The van der Waals surface area contributed by atoms with E-state index in [0.29, 0.717) is 24.5 Å². The Bertz CT molecular complexity index is 732. The lowest BCUT2D eigenvalue weighted by Gasteiger charge is -2.29. The molecule has 2 amide bonds. The number of fused-ring (bicyclic) bond motifs is 1. The van der Waals surface area contributed by atoms with Gasteiger partial charge in [-0.25, -0.2) is 4.79 Å². The number of nitrogens with one attached hydrogen (secondary N) is 2. The molecule has 5 heteroatoms. The maximum Gasteiger partial charge on any atom is 0.320 e. The predicted octanol–water partition coefficient (Wildman–Crippen LogP) is 3.04. The summed E-state index contributed by atoms with van der Waals surface area (Å²) in [5.41, 5.74) is 2.09. The average Bonchev–Trinajstić information content (AvgIpc) is 2.95. The maximum atomic E-state index is 12.4. The van der Waals surface area contributed by atoms with Gasteiger partial charge >= 0.3 is 6.03 Å². The molecule has 0 fully saturated rings. The first-order valence-corrected chi connectivity index (χ1v) is 8.18. The van der Waals surface area contributed by atoms with Crippen molar-refractivity contribution < 1.29 is 14.6 Å². The summed E-state index contributed by atoms with van der Waals surface area (Å²) >= 11 is 0. The van der Waals surface area contributed by atoms with Crippen LogP contribution in [-0.4, -0.2) is 24.4 Å². The van der Waals surface area contributed by atoms with E-state index in [0.717, 1.165) is 12.0 Å². The van der Waals surface area contributed by atoms with Crippen molar-refractivity contribution in [3.63, 3.8) is 0 Å². The molecule has 5 nitrogen and oxygen atoms in total. The lowest BCUT2D eigenvalue weighted by molar-refractivity contribution is 0.164. The standard InChI is InChI=1S/C19H22N2O3/c1-2-24-16-8-5-7-15(12-16)20-18(23)21-19(13-22)11-10-14-6-3-4-9-17(14)19/h3-9,12,22H,2,10-11,13H2,1H3,(H2,20,21,23). The third-order valence-electron chi connectivity index (χ3n) is 4.38. The SMILES string of the molecule is CCOc1cccc(NC(=O)NC2(CO)CCc3ccccc32)c1. The molecular weight excluding hydrogens is 304 g/mol. The summed E-state index contributed by atoms with van der Waals surface area (Å²) in [6, 6.07) is 14.8. The van der Waals surface area contributed by atoms with Gasteiger partial charge in [0.05, 0.1) is 18.8 Å². The maximum absolute atomic E-state index is 12.4. The van der Waals surface area contributed by atoms with Crippen molar-refractivity contribution in [3.8, 4) is 5.75 Å². The second-order valence-electron chi connectivity index (χ2n) is 5.94. The Morgan fingerprint density at radius 1 is 1.25 bits per heavy atom. The molecule has 24 heavy (non-hydrogen) atoms. The number of hydrogen-bond acceptors (Lipinski definition) is 3. The first-order chi connectivity index (χ1) is 11.7. The van der Waals surface area contributed by atoms with E-state index in [1.165, 1.54) is 5.56 Å². The van der Waals surface area contributed by atoms with E-state index in [2.05, 4.69) is 10.6 Å². The average molecular weight is 326 g/mol. The Morgan fingerprint density at radius 2 is 2.08 bits per heavy atom. The number of anilines is 1. The van der Waals surface area contributed by atoms with Gasteiger partial charge in [0.1, 0.15) is 5.75 Å². The lowest BCUT2D eigenvalue weighted by atomic mass is 9.93. The number of carbonyl (C=O) groups is 1. The first-order valence-electron chi connectivity index (χ1n) is 8.18. The van der Waals surface area contributed by atoms with Crippen molar-refractivity contribution in [1.82, 2.24) is 5.32 Å². The van der Waals surface area contributed by atoms with Gasteiger partial charge in [0.2, 0.25) is 0 Å². The Labute approximate surface area is 141 Å². The quantitative estimate of drug-likeness (QED) is 0.791. The topological polar surface area (TPSA) is 70.6 Å². The number of urea groups is 1. The molecule has 0 aromatic heterocycles. The number of aliphatic hydroxyl groups excluding tert-OH is 1. The van der Waals surface area contributed by atoms with Gasteiger partial charge in [-0.05, 0) is 43.0 Å². The van der Waals surface area contributed by atoms with Crippen LogP contribution < -0.4 is 15.4 Å².